The highest BCUT2D eigenvalue weighted by molar-refractivity contribution is 9.09. The van der Waals surface area contributed by atoms with Crippen molar-refractivity contribution in [1.29, 1.82) is 0 Å². The Balaban J connectivity index is 3.87. The highest BCUT2D eigenvalue weighted by Gasteiger charge is 2.11. The number of hydrogen-bond donors (Lipinski definition) is 0. The molecule has 0 aliphatic carbocycles. The van der Waals surface area contributed by atoms with E-state index in [2.05, 4.69) is 53.4 Å². The number of hydrogen-bond acceptors (Lipinski definition) is 2. The van der Waals surface area contributed by atoms with Gasteiger partial charge in [-0.05, 0) is 51.5 Å². The van der Waals surface area contributed by atoms with E-state index < -0.39 is 0 Å². The minimum absolute atomic E-state index is 0.823. The molecule has 110 valence electrons. The maximum Gasteiger partial charge on any atom is 0.00718 e. The van der Waals surface area contributed by atoms with E-state index in [0.717, 1.165) is 11.2 Å². The zero-order valence-corrected chi connectivity index (χ0v) is 14.5. The molecule has 0 aliphatic rings. The Morgan fingerprint density at radius 2 is 1.44 bits per heavy atom. The predicted molar refractivity (Wildman–Crippen MR) is 86.7 cm³/mol. The molecule has 0 aromatic heterocycles. The van der Waals surface area contributed by atoms with E-state index in [0.29, 0.717) is 0 Å². The minimum atomic E-state index is 0.823. The van der Waals surface area contributed by atoms with Crippen molar-refractivity contribution in [3.05, 3.63) is 0 Å². The normalized spacial score (nSPS) is 13.5. The lowest BCUT2D eigenvalue weighted by Crippen LogP contribution is -2.33. The molecule has 1 atom stereocenters. The molecule has 18 heavy (non-hydrogen) atoms. The summed E-state index contributed by atoms with van der Waals surface area (Å²) in [7, 11) is 0. The van der Waals surface area contributed by atoms with Gasteiger partial charge in [0.1, 0.15) is 0 Å². The van der Waals surface area contributed by atoms with E-state index in [9.17, 15) is 0 Å². The first-order valence-corrected chi connectivity index (χ1v) is 8.84. The van der Waals surface area contributed by atoms with Crippen LogP contribution in [0.1, 0.15) is 47.0 Å². The van der Waals surface area contributed by atoms with Crippen LogP contribution in [-0.4, -0.2) is 54.4 Å². The number of alkyl halides is 1. The van der Waals surface area contributed by atoms with E-state index in [-0.39, 0.29) is 0 Å². The molecule has 0 aliphatic heterocycles. The molecular formula is C15H33BrN2. The van der Waals surface area contributed by atoms with Gasteiger partial charge in [0.25, 0.3) is 0 Å². The Morgan fingerprint density at radius 1 is 0.889 bits per heavy atom. The van der Waals surface area contributed by atoms with Gasteiger partial charge in [0, 0.05) is 11.9 Å². The molecule has 0 N–H and O–H groups in total. The molecule has 0 rings (SSSR count). The molecule has 0 fully saturated rings. The van der Waals surface area contributed by atoms with Crippen molar-refractivity contribution in [2.24, 2.45) is 5.92 Å². The average molecular weight is 321 g/mol. The van der Waals surface area contributed by atoms with Gasteiger partial charge in [0.2, 0.25) is 0 Å². The summed E-state index contributed by atoms with van der Waals surface area (Å²) in [6.45, 7) is 16.4. The highest BCUT2D eigenvalue weighted by Crippen LogP contribution is 2.12. The van der Waals surface area contributed by atoms with Crippen molar-refractivity contribution in [2.45, 2.75) is 47.0 Å². The molecule has 3 heteroatoms. The summed E-state index contributed by atoms with van der Waals surface area (Å²) in [5, 5.41) is 1.15. The topological polar surface area (TPSA) is 6.48 Å². The maximum atomic E-state index is 3.65. The number of halogens is 1. The van der Waals surface area contributed by atoms with Gasteiger partial charge in [0.15, 0.2) is 0 Å². The molecule has 0 aromatic carbocycles. The Morgan fingerprint density at radius 3 is 1.89 bits per heavy atom. The van der Waals surface area contributed by atoms with Crippen molar-refractivity contribution in [3.8, 4) is 0 Å². The molecule has 0 amide bonds. The summed E-state index contributed by atoms with van der Waals surface area (Å²) in [5.41, 5.74) is 0. The molecule has 0 heterocycles. The molecule has 0 bridgehead atoms. The van der Waals surface area contributed by atoms with Gasteiger partial charge in [-0.1, -0.05) is 50.0 Å². The summed E-state index contributed by atoms with van der Waals surface area (Å²) in [4.78, 5) is 5.13. The fourth-order valence-electron chi connectivity index (χ4n) is 2.43. The fraction of sp³-hybridized carbons (Fsp3) is 1.00. The summed E-state index contributed by atoms with van der Waals surface area (Å²) in [5.74, 6) is 0.823. The van der Waals surface area contributed by atoms with Gasteiger partial charge >= 0.3 is 0 Å². The minimum Gasteiger partial charge on any atom is -0.304 e. The summed E-state index contributed by atoms with van der Waals surface area (Å²) < 4.78 is 0. The quantitative estimate of drug-likeness (QED) is 0.504. The molecule has 0 saturated carbocycles. The Bertz CT molecular complexity index is 172. The second-order valence-corrected chi connectivity index (χ2v) is 5.73. The number of rotatable bonds is 12. The average Bonchev–Trinajstić information content (AvgIpc) is 2.41. The van der Waals surface area contributed by atoms with E-state index in [1.807, 2.05) is 0 Å². The van der Waals surface area contributed by atoms with Gasteiger partial charge in [-0.3, -0.25) is 0 Å². The van der Waals surface area contributed by atoms with Gasteiger partial charge in [-0.2, -0.15) is 0 Å². The first-order chi connectivity index (χ1) is 8.71. The van der Waals surface area contributed by atoms with E-state index in [1.165, 1.54) is 58.5 Å². The van der Waals surface area contributed by atoms with Crippen LogP contribution in [0.25, 0.3) is 0 Å². The third-order valence-electron chi connectivity index (χ3n) is 3.72. The lowest BCUT2D eigenvalue weighted by atomic mass is 10.1. The van der Waals surface area contributed by atoms with E-state index in [1.54, 1.807) is 0 Å². The monoisotopic (exact) mass is 320 g/mol. The summed E-state index contributed by atoms with van der Waals surface area (Å²) in [6, 6.07) is 0. The van der Waals surface area contributed by atoms with Crippen LogP contribution in [0.2, 0.25) is 0 Å². The van der Waals surface area contributed by atoms with Crippen LogP contribution in [0.3, 0.4) is 0 Å². The third kappa shape index (κ3) is 8.49. The Labute approximate surface area is 123 Å². The van der Waals surface area contributed by atoms with Crippen LogP contribution in [0.15, 0.2) is 0 Å². The van der Waals surface area contributed by atoms with Crippen molar-refractivity contribution < 1.29 is 0 Å². The van der Waals surface area contributed by atoms with Crippen LogP contribution in [0, 0.1) is 5.92 Å². The maximum absolute atomic E-state index is 3.65. The van der Waals surface area contributed by atoms with Crippen molar-refractivity contribution in [2.75, 3.05) is 44.6 Å². The molecule has 0 spiro atoms. The first-order valence-electron chi connectivity index (χ1n) is 7.72. The summed E-state index contributed by atoms with van der Waals surface area (Å²) >= 11 is 3.65. The van der Waals surface area contributed by atoms with Gasteiger partial charge in [0.05, 0.1) is 0 Å². The van der Waals surface area contributed by atoms with Crippen molar-refractivity contribution in [3.63, 3.8) is 0 Å². The SMILES string of the molecule is CCCC(CBr)CN(CC)CCCN(CC)CC. The van der Waals surface area contributed by atoms with E-state index >= 15 is 0 Å². The molecule has 0 aromatic rings. The van der Waals surface area contributed by atoms with Crippen LogP contribution in [-0.2, 0) is 0 Å². The third-order valence-corrected chi connectivity index (χ3v) is 4.64. The second-order valence-electron chi connectivity index (χ2n) is 5.08. The lowest BCUT2D eigenvalue weighted by Gasteiger charge is -2.26. The van der Waals surface area contributed by atoms with Gasteiger partial charge in [-0.25, -0.2) is 0 Å². The zero-order chi connectivity index (χ0) is 13.8. The lowest BCUT2D eigenvalue weighted by molar-refractivity contribution is 0.219. The van der Waals surface area contributed by atoms with E-state index in [4.69, 9.17) is 0 Å². The largest absolute Gasteiger partial charge is 0.304 e. The van der Waals surface area contributed by atoms with Crippen LogP contribution in [0.5, 0.6) is 0 Å². The second kappa shape index (κ2) is 12.4. The Kier molecular flexibility index (Phi) is 12.7. The number of nitrogens with zero attached hydrogens (tertiary/aromatic N) is 2. The van der Waals surface area contributed by atoms with Crippen LogP contribution < -0.4 is 0 Å². The zero-order valence-electron chi connectivity index (χ0n) is 12.9. The molecular weight excluding hydrogens is 288 g/mol. The van der Waals surface area contributed by atoms with Crippen LogP contribution in [0.4, 0.5) is 0 Å². The molecule has 0 radical (unpaired) electrons. The Hall–Kier alpha value is 0.400. The molecule has 0 saturated heterocycles. The first kappa shape index (κ1) is 18.4. The highest BCUT2D eigenvalue weighted by atomic mass is 79.9. The van der Waals surface area contributed by atoms with Crippen molar-refractivity contribution in [1.82, 2.24) is 9.80 Å². The van der Waals surface area contributed by atoms with Crippen molar-refractivity contribution >= 4 is 15.9 Å². The summed E-state index contributed by atoms with van der Waals surface area (Å²) in [6.07, 6.45) is 3.95. The van der Waals surface area contributed by atoms with Gasteiger partial charge < -0.3 is 9.80 Å². The standard InChI is InChI=1S/C15H33BrN2/c1-5-10-15(13-16)14-18(8-4)12-9-11-17(6-2)7-3/h15H,5-14H2,1-4H3. The molecule has 1 unspecified atom stereocenters. The molecule has 2 nitrogen and oxygen atoms in total. The fourth-order valence-corrected chi connectivity index (χ4v) is 2.96. The van der Waals surface area contributed by atoms with Crippen LogP contribution >= 0.6 is 15.9 Å². The van der Waals surface area contributed by atoms with Gasteiger partial charge in [-0.15, -0.1) is 0 Å². The smallest absolute Gasteiger partial charge is 0.00718 e. The predicted octanol–water partition coefficient (Wildman–Crippen LogP) is 3.85.